The zero-order valence-electron chi connectivity index (χ0n) is 9.43. The highest BCUT2D eigenvalue weighted by molar-refractivity contribution is 6.28. The van der Waals surface area contributed by atoms with Crippen LogP contribution in [0.5, 0.6) is 0 Å². The number of halogens is 1. The number of rotatable bonds is 3. The molecule has 3 rings (SSSR count). The number of aromatic nitrogens is 2. The quantitative estimate of drug-likeness (QED) is 0.732. The van der Waals surface area contributed by atoms with E-state index in [0.29, 0.717) is 6.54 Å². The zero-order chi connectivity index (χ0) is 12.4. The molecule has 0 spiro atoms. The van der Waals surface area contributed by atoms with E-state index in [1.54, 1.807) is 12.5 Å². The van der Waals surface area contributed by atoms with Crippen LogP contribution >= 0.6 is 11.6 Å². The highest BCUT2D eigenvalue weighted by Crippen LogP contribution is 2.22. The van der Waals surface area contributed by atoms with Crippen molar-refractivity contribution in [3.05, 3.63) is 53.7 Å². The first-order valence-electron chi connectivity index (χ1n) is 5.50. The van der Waals surface area contributed by atoms with Gasteiger partial charge in [-0.1, -0.05) is 12.1 Å². The van der Waals surface area contributed by atoms with Gasteiger partial charge in [0.1, 0.15) is 5.82 Å². The van der Waals surface area contributed by atoms with E-state index in [-0.39, 0.29) is 5.28 Å². The third-order valence-electron chi connectivity index (χ3n) is 2.62. The van der Waals surface area contributed by atoms with Gasteiger partial charge in [0, 0.05) is 17.5 Å². The fraction of sp³-hybridized carbons (Fsp3) is 0.0769. The normalized spacial score (nSPS) is 10.7. The van der Waals surface area contributed by atoms with Gasteiger partial charge in [0.2, 0.25) is 5.28 Å². The molecular weight excluding hydrogens is 250 g/mol. The Morgan fingerprint density at radius 3 is 2.89 bits per heavy atom. The number of nitrogens with one attached hydrogen (secondary N) is 1. The molecule has 1 N–H and O–H groups in total. The Hall–Kier alpha value is -2.07. The number of para-hydroxylation sites is 1. The number of hydrogen-bond donors (Lipinski definition) is 1. The second kappa shape index (κ2) is 4.66. The van der Waals surface area contributed by atoms with E-state index in [4.69, 9.17) is 16.0 Å². The predicted molar refractivity (Wildman–Crippen MR) is 70.6 cm³/mol. The van der Waals surface area contributed by atoms with Crippen LogP contribution in [0.1, 0.15) is 5.56 Å². The lowest BCUT2D eigenvalue weighted by molar-refractivity contribution is 0.564. The SMILES string of the molecule is Clc1nc(NCc2ccoc2)c2ccccc2n1. The summed E-state index contributed by atoms with van der Waals surface area (Å²) in [6.07, 6.45) is 3.33. The smallest absolute Gasteiger partial charge is 0.224 e. The lowest BCUT2D eigenvalue weighted by atomic mass is 10.2. The summed E-state index contributed by atoms with van der Waals surface area (Å²) in [5.74, 6) is 0.729. The maximum Gasteiger partial charge on any atom is 0.224 e. The number of nitrogens with zero attached hydrogens (tertiary/aromatic N) is 2. The van der Waals surface area contributed by atoms with Crippen molar-refractivity contribution in [2.75, 3.05) is 5.32 Å². The fourth-order valence-electron chi connectivity index (χ4n) is 1.76. The lowest BCUT2D eigenvalue weighted by Crippen LogP contribution is -2.02. The van der Waals surface area contributed by atoms with E-state index < -0.39 is 0 Å². The van der Waals surface area contributed by atoms with E-state index in [9.17, 15) is 0 Å². The molecule has 0 saturated carbocycles. The molecule has 0 bridgehead atoms. The minimum absolute atomic E-state index is 0.239. The molecule has 1 aromatic carbocycles. The number of benzene rings is 1. The molecule has 90 valence electrons. The van der Waals surface area contributed by atoms with Crippen LogP contribution in [-0.4, -0.2) is 9.97 Å². The van der Waals surface area contributed by atoms with Gasteiger partial charge in [0.05, 0.1) is 18.0 Å². The van der Waals surface area contributed by atoms with Crippen LogP contribution in [0.25, 0.3) is 10.9 Å². The second-order valence-electron chi connectivity index (χ2n) is 3.84. The average Bonchev–Trinajstić information content (AvgIpc) is 2.89. The Kier molecular flexibility index (Phi) is 2.86. The van der Waals surface area contributed by atoms with Crippen LogP contribution in [-0.2, 0) is 6.54 Å². The third kappa shape index (κ3) is 2.15. The molecule has 3 aromatic rings. The molecule has 0 aliphatic rings. The Morgan fingerprint density at radius 2 is 2.06 bits per heavy atom. The van der Waals surface area contributed by atoms with E-state index >= 15 is 0 Å². The summed E-state index contributed by atoms with van der Waals surface area (Å²) in [6.45, 7) is 0.633. The van der Waals surface area contributed by atoms with Crippen molar-refractivity contribution < 1.29 is 4.42 Å². The van der Waals surface area contributed by atoms with Crippen LogP contribution in [0.2, 0.25) is 5.28 Å². The van der Waals surface area contributed by atoms with Crippen LogP contribution in [0, 0.1) is 0 Å². The fourth-order valence-corrected chi connectivity index (χ4v) is 1.94. The highest BCUT2D eigenvalue weighted by Gasteiger charge is 2.05. The number of furan rings is 1. The van der Waals surface area contributed by atoms with E-state index in [2.05, 4.69) is 15.3 Å². The maximum absolute atomic E-state index is 5.90. The van der Waals surface area contributed by atoms with Crippen LogP contribution in [0.3, 0.4) is 0 Å². The van der Waals surface area contributed by atoms with Crippen molar-refractivity contribution in [2.24, 2.45) is 0 Å². The molecule has 0 atom stereocenters. The van der Waals surface area contributed by atoms with Gasteiger partial charge in [-0.15, -0.1) is 0 Å². The summed E-state index contributed by atoms with van der Waals surface area (Å²) in [5, 5.41) is 4.42. The summed E-state index contributed by atoms with van der Waals surface area (Å²) in [4.78, 5) is 8.39. The van der Waals surface area contributed by atoms with Crippen LogP contribution < -0.4 is 5.32 Å². The second-order valence-corrected chi connectivity index (χ2v) is 4.18. The standard InChI is InChI=1S/C13H10ClN3O/c14-13-16-11-4-2-1-3-10(11)12(17-13)15-7-9-5-6-18-8-9/h1-6,8H,7H2,(H,15,16,17). The lowest BCUT2D eigenvalue weighted by Gasteiger charge is -2.07. The van der Waals surface area contributed by atoms with Gasteiger partial charge in [-0.25, -0.2) is 9.97 Å². The van der Waals surface area contributed by atoms with Gasteiger partial charge in [0.15, 0.2) is 0 Å². The predicted octanol–water partition coefficient (Wildman–Crippen LogP) is 3.49. The molecule has 2 heterocycles. The number of anilines is 1. The van der Waals surface area contributed by atoms with Gasteiger partial charge in [0.25, 0.3) is 0 Å². The summed E-state index contributed by atoms with van der Waals surface area (Å²) in [5.41, 5.74) is 1.88. The molecule has 0 radical (unpaired) electrons. The third-order valence-corrected chi connectivity index (χ3v) is 2.79. The molecular formula is C13H10ClN3O. The summed E-state index contributed by atoms with van der Waals surface area (Å²) < 4.78 is 5.02. The molecule has 0 unspecified atom stereocenters. The van der Waals surface area contributed by atoms with E-state index in [0.717, 1.165) is 22.3 Å². The topological polar surface area (TPSA) is 51.0 Å². The number of fused-ring (bicyclic) bond motifs is 1. The maximum atomic E-state index is 5.90. The Bertz CT molecular complexity index is 667. The van der Waals surface area contributed by atoms with Crippen LogP contribution in [0.4, 0.5) is 5.82 Å². The largest absolute Gasteiger partial charge is 0.472 e. The number of hydrogen-bond acceptors (Lipinski definition) is 4. The first-order chi connectivity index (χ1) is 8.83. The Morgan fingerprint density at radius 1 is 1.17 bits per heavy atom. The molecule has 0 fully saturated rings. The average molecular weight is 260 g/mol. The van der Waals surface area contributed by atoms with Crippen molar-refractivity contribution in [1.82, 2.24) is 9.97 Å². The molecule has 0 saturated heterocycles. The van der Waals surface area contributed by atoms with Crippen molar-refractivity contribution in [3.8, 4) is 0 Å². The van der Waals surface area contributed by atoms with Crippen molar-refractivity contribution in [2.45, 2.75) is 6.54 Å². The highest BCUT2D eigenvalue weighted by atomic mass is 35.5. The van der Waals surface area contributed by atoms with Gasteiger partial charge in [-0.2, -0.15) is 0 Å². The summed E-state index contributed by atoms with van der Waals surface area (Å²) >= 11 is 5.90. The first kappa shape index (κ1) is 11.0. The minimum Gasteiger partial charge on any atom is -0.472 e. The Labute approximate surface area is 109 Å². The molecule has 2 aromatic heterocycles. The molecule has 0 amide bonds. The molecule has 0 aliphatic carbocycles. The van der Waals surface area contributed by atoms with Crippen LogP contribution in [0.15, 0.2) is 47.3 Å². The van der Waals surface area contributed by atoms with Gasteiger partial charge >= 0.3 is 0 Å². The van der Waals surface area contributed by atoms with Crippen molar-refractivity contribution in [3.63, 3.8) is 0 Å². The summed E-state index contributed by atoms with van der Waals surface area (Å²) in [7, 11) is 0. The minimum atomic E-state index is 0.239. The molecule has 0 aliphatic heterocycles. The van der Waals surface area contributed by atoms with E-state index in [1.807, 2.05) is 30.3 Å². The molecule has 18 heavy (non-hydrogen) atoms. The van der Waals surface area contributed by atoms with Crippen molar-refractivity contribution >= 4 is 28.3 Å². The van der Waals surface area contributed by atoms with Crippen molar-refractivity contribution in [1.29, 1.82) is 0 Å². The van der Waals surface area contributed by atoms with Gasteiger partial charge in [-0.05, 0) is 29.8 Å². The molecule has 5 heteroatoms. The monoisotopic (exact) mass is 259 g/mol. The van der Waals surface area contributed by atoms with E-state index in [1.165, 1.54) is 0 Å². The van der Waals surface area contributed by atoms with Gasteiger partial charge in [-0.3, -0.25) is 0 Å². The zero-order valence-corrected chi connectivity index (χ0v) is 10.2. The van der Waals surface area contributed by atoms with Gasteiger partial charge < -0.3 is 9.73 Å². The first-order valence-corrected chi connectivity index (χ1v) is 5.88. The summed E-state index contributed by atoms with van der Waals surface area (Å²) in [6, 6.07) is 9.64. The molecule has 4 nitrogen and oxygen atoms in total. The Balaban J connectivity index is 1.95.